The fraction of sp³-hybridized carbons (Fsp3) is 0.316. The minimum Gasteiger partial charge on any atom is -0.325 e. The quantitative estimate of drug-likeness (QED) is 0.515. The van der Waals surface area contributed by atoms with Crippen LogP contribution in [0.15, 0.2) is 29.3 Å². The predicted octanol–water partition coefficient (Wildman–Crippen LogP) is 5.04. The molecule has 3 rings (SSSR count). The summed E-state index contributed by atoms with van der Waals surface area (Å²) in [6, 6.07) is 7.82. The maximum absolute atomic E-state index is 12.6. The van der Waals surface area contributed by atoms with E-state index in [0.717, 1.165) is 32.3 Å². The first kappa shape index (κ1) is 17.9. The van der Waals surface area contributed by atoms with Gasteiger partial charge in [-0.25, -0.2) is 9.97 Å². The van der Waals surface area contributed by atoms with Crippen molar-refractivity contribution in [1.29, 1.82) is 0 Å². The standard InChI is InChI=1S/C19H21N3OS2/c1-10-7-6-8-15(9-10)22-17(23)13(4)25-19-16-11(2)12(3)24-18(16)20-14(5)21-19/h6-9,13H,1-5H3,(H,22,23)/t13-/m1/s1. The molecule has 3 aromatic rings. The number of anilines is 1. The van der Waals surface area contributed by atoms with Crippen LogP contribution in [0.5, 0.6) is 0 Å². The monoisotopic (exact) mass is 371 g/mol. The zero-order valence-electron chi connectivity index (χ0n) is 15.0. The minimum absolute atomic E-state index is 0.0235. The van der Waals surface area contributed by atoms with E-state index in [-0.39, 0.29) is 11.2 Å². The Morgan fingerprint density at radius 3 is 2.68 bits per heavy atom. The van der Waals surface area contributed by atoms with E-state index in [9.17, 15) is 4.79 Å². The van der Waals surface area contributed by atoms with Crippen molar-refractivity contribution >= 4 is 44.9 Å². The second kappa shape index (κ2) is 7.14. The van der Waals surface area contributed by atoms with Crippen LogP contribution in [-0.2, 0) is 4.79 Å². The molecule has 0 unspecified atom stereocenters. The Labute approximate surface area is 156 Å². The Bertz CT molecular complexity index is 949. The number of amides is 1. The highest BCUT2D eigenvalue weighted by atomic mass is 32.2. The maximum atomic E-state index is 12.6. The van der Waals surface area contributed by atoms with Crippen molar-refractivity contribution in [2.75, 3.05) is 5.32 Å². The first-order valence-electron chi connectivity index (χ1n) is 8.13. The highest BCUT2D eigenvalue weighted by molar-refractivity contribution is 8.00. The molecule has 25 heavy (non-hydrogen) atoms. The molecule has 0 fully saturated rings. The van der Waals surface area contributed by atoms with Gasteiger partial charge in [-0.15, -0.1) is 11.3 Å². The van der Waals surface area contributed by atoms with E-state index in [0.29, 0.717) is 0 Å². The second-order valence-corrected chi connectivity index (χ2v) is 8.69. The SMILES string of the molecule is Cc1cccc(NC(=O)[C@@H](C)Sc2nc(C)nc3sc(C)c(C)c23)c1. The molecule has 2 heterocycles. The summed E-state index contributed by atoms with van der Waals surface area (Å²) < 4.78 is 0. The molecule has 0 aliphatic rings. The van der Waals surface area contributed by atoms with Gasteiger partial charge in [-0.1, -0.05) is 23.9 Å². The summed E-state index contributed by atoms with van der Waals surface area (Å²) in [6.07, 6.45) is 0. The number of hydrogen-bond acceptors (Lipinski definition) is 5. The second-order valence-electron chi connectivity index (χ2n) is 6.16. The van der Waals surface area contributed by atoms with Gasteiger partial charge in [-0.05, 0) is 57.9 Å². The van der Waals surface area contributed by atoms with E-state index in [2.05, 4.69) is 29.1 Å². The molecule has 2 aromatic heterocycles. The smallest absolute Gasteiger partial charge is 0.237 e. The average molecular weight is 372 g/mol. The van der Waals surface area contributed by atoms with E-state index in [4.69, 9.17) is 0 Å². The third kappa shape index (κ3) is 3.85. The van der Waals surface area contributed by atoms with Gasteiger partial charge in [-0.2, -0.15) is 0 Å². The molecule has 0 aliphatic heterocycles. The molecule has 130 valence electrons. The molecule has 1 aromatic carbocycles. The number of benzene rings is 1. The number of carbonyl (C=O) groups is 1. The lowest BCUT2D eigenvalue weighted by atomic mass is 10.2. The Hall–Kier alpha value is -1.92. The van der Waals surface area contributed by atoms with Gasteiger partial charge >= 0.3 is 0 Å². The first-order chi connectivity index (χ1) is 11.8. The molecule has 1 atom stereocenters. The van der Waals surface area contributed by atoms with Crippen LogP contribution in [0.4, 0.5) is 5.69 Å². The van der Waals surface area contributed by atoms with Crippen molar-refractivity contribution in [2.45, 2.75) is 44.9 Å². The van der Waals surface area contributed by atoms with Crippen molar-refractivity contribution in [3.63, 3.8) is 0 Å². The fourth-order valence-corrected chi connectivity index (χ4v) is 4.78. The highest BCUT2D eigenvalue weighted by Crippen LogP contribution is 2.36. The van der Waals surface area contributed by atoms with Crippen LogP contribution < -0.4 is 5.32 Å². The Balaban J connectivity index is 1.84. The minimum atomic E-state index is -0.252. The van der Waals surface area contributed by atoms with Crippen molar-refractivity contribution < 1.29 is 4.79 Å². The van der Waals surface area contributed by atoms with Crippen molar-refractivity contribution in [1.82, 2.24) is 9.97 Å². The lowest BCUT2D eigenvalue weighted by molar-refractivity contribution is -0.115. The van der Waals surface area contributed by atoms with Crippen LogP contribution in [0.3, 0.4) is 0 Å². The summed E-state index contributed by atoms with van der Waals surface area (Å²) in [5, 5.41) is 4.70. The van der Waals surface area contributed by atoms with Gasteiger partial charge in [0.2, 0.25) is 5.91 Å². The molecule has 1 amide bonds. The van der Waals surface area contributed by atoms with Gasteiger partial charge in [-0.3, -0.25) is 4.79 Å². The molecule has 4 nitrogen and oxygen atoms in total. The third-order valence-corrected chi connectivity index (χ3v) is 6.24. The lowest BCUT2D eigenvalue weighted by Crippen LogP contribution is -2.22. The molecule has 6 heteroatoms. The van der Waals surface area contributed by atoms with E-state index in [1.165, 1.54) is 22.2 Å². The fourth-order valence-electron chi connectivity index (χ4n) is 2.59. The molecule has 0 spiro atoms. The van der Waals surface area contributed by atoms with Crippen LogP contribution in [0.2, 0.25) is 0 Å². The maximum Gasteiger partial charge on any atom is 0.237 e. The van der Waals surface area contributed by atoms with Crippen LogP contribution in [-0.4, -0.2) is 21.1 Å². The predicted molar refractivity (Wildman–Crippen MR) is 107 cm³/mol. The molecule has 0 saturated carbocycles. The zero-order chi connectivity index (χ0) is 18.1. The van der Waals surface area contributed by atoms with E-state index < -0.39 is 0 Å². The normalized spacial score (nSPS) is 12.4. The number of carbonyl (C=O) groups excluding carboxylic acids is 1. The Morgan fingerprint density at radius 1 is 1.20 bits per heavy atom. The lowest BCUT2D eigenvalue weighted by Gasteiger charge is -2.13. The number of nitrogens with zero attached hydrogens (tertiary/aromatic N) is 2. The molecule has 0 saturated heterocycles. The number of aryl methyl sites for hydroxylation is 4. The van der Waals surface area contributed by atoms with Gasteiger partial charge in [0.15, 0.2) is 0 Å². The Morgan fingerprint density at radius 2 is 1.96 bits per heavy atom. The third-order valence-electron chi connectivity index (χ3n) is 4.05. The van der Waals surface area contributed by atoms with Crippen LogP contribution in [0.1, 0.15) is 28.8 Å². The summed E-state index contributed by atoms with van der Waals surface area (Å²) in [4.78, 5) is 23.9. The number of nitrogens with one attached hydrogen (secondary N) is 1. The Kier molecular flexibility index (Phi) is 5.11. The molecule has 1 N–H and O–H groups in total. The van der Waals surface area contributed by atoms with Crippen LogP contribution >= 0.6 is 23.1 Å². The molecule has 0 aliphatic carbocycles. The van der Waals surface area contributed by atoms with Gasteiger partial charge in [0.1, 0.15) is 15.7 Å². The average Bonchev–Trinajstić information content (AvgIpc) is 2.81. The summed E-state index contributed by atoms with van der Waals surface area (Å²) in [6.45, 7) is 10.0. The first-order valence-corrected chi connectivity index (χ1v) is 9.83. The van der Waals surface area contributed by atoms with Gasteiger partial charge in [0.05, 0.1) is 5.25 Å². The van der Waals surface area contributed by atoms with Gasteiger partial charge < -0.3 is 5.32 Å². The summed E-state index contributed by atoms with van der Waals surface area (Å²) in [7, 11) is 0. The molecular weight excluding hydrogens is 350 g/mol. The largest absolute Gasteiger partial charge is 0.325 e. The van der Waals surface area contributed by atoms with Gasteiger partial charge in [0, 0.05) is 16.0 Å². The molecule has 0 radical (unpaired) electrons. The number of fused-ring (bicyclic) bond motifs is 1. The van der Waals surface area contributed by atoms with Crippen molar-refractivity contribution in [3.05, 3.63) is 46.1 Å². The number of thioether (sulfide) groups is 1. The number of rotatable bonds is 4. The van der Waals surface area contributed by atoms with E-state index in [1.54, 1.807) is 11.3 Å². The molecular formula is C19H21N3OS2. The summed E-state index contributed by atoms with van der Waals surface area (Å²) >= 11 is 3.17. The van der Waals surface area contributed by atoms with E-state index >= 15 is 0 Å². The topological polar surface area (TPSA) is 54.9 Å². The zero-order valence-corrected chi connectivity index (χ0v) is 16.6. The van der Waals surface area contributed by atoms with Crippen molar-refractivity contribution in [2.24, 2.45) is 0 Å². The summed E-state index contributed by atoms with van der Waals surface area (Å²) in [5.74, 6) is 0.715. The van der Waals surface area contributed by atoms with E-state index in [1.807, 2.05) is 45.0 Å². The van der Waals surface area contributed by atoms with Gasteiger partial charge in [0.25, 0.3) is 0 Å². The number of hydrogen-bond donors (Lipinski definition) is 1. The highest BCUT2D eigenvalue weighted by Gasteiger charge is 2.20. The summed E-state index contributed by atoms with van der Waals surface area (Å²) in [5.41, 5.74) is 3.15. The van der Waals surface area contributed by atoms with Crippen LogP contribution in [0.25, 0.3) is 10.2 Å². The number of aromatic nitrogens is 2. The molecule has 0 bridgehead atoms. The number of thiophene rings is 1. The van der Waals surface area contributed by atoms with Crippen LogP contribution in [0, 0.1) is 27.7 Å². The van der Waals surface area contributed by atoms with Crippen molar-refractivity contribution in [3.8, 4) is 0 Å².